The minimum absolute atomic E-state index is 0.0945. The van der Waals surface area contributed by atoms with Crippen LogP contribution >= 0.6 is 0 Å². The number of rotatable bonds is 10. The van der Waals surface area contributed by atoms with Crippen LogP contribution in [-0.4, -0.2) is 53.6 Å². The Hall–Kier alpha value is -2.39. The van der Waals surface area contributed by atoms with Crippen LogP contribution in [0.25, 0.3) is 0 Å². The average Bonchev–Trinajstić information content (AvgIpc) is 2.59. The van der Waals surface area contributed by atoms with E-state index in [0.29, 0.717) is 0 Å². The summed E-state index contributed by atoms with van der Waals surface area (Å²) in [7, 11) is 1.16. The lowest BCUT2D eigenvalue weighted by molar-refractivity contribution is -0.385. The predicted molar refractivity (Wildman–Crippen MR) is 125 cm³/mol. The van der Waals surface area contributed by atoms with Gasteiger partial charge in [-0.3, -0.25) is 10.1 Å². The summed E-state index contributed by atoms with van der Waals surface area (Å²) in [6.07, 6.45) is 0. The van der Waals surface area contributed by atoms with Crippen molar-refractivity contribution in [3.8, 4) is 11.5 Å². The second-order valence-electron chi connectivity index (χ2n) is 11.1. The Bertz CT molecular complexity index is 847. The molecule has 1 aromatic carbocycles. The average molecular weight is 470 g/mol. The molecule has 9 heteroatoms. The number of carbonyl (C=O) groups excluding carboxylic acids is 1. The number of esters is 1. The molecule has 0 amide bonds. The summed E-state index contributed by atoms with van der Waals surface area (Å²) < 4.78 is 28.7. The molecule has 1 aromatic rings. The van der Waals surface area contributed by atoms with Crippen molar-refractivity contribution >= 4 is 11.7 Å². The monoisotopic (exact) mass is 469 g/mol. The minimum Gasteiger partial charge on any atom is -0.487 e. The quantitative estimate of drug-likeness (QED) is 0.257. The highest BCUT2D eigenvalue weighted by Crippen LogP contribution is 2.37. The van der Waals surface area contributed by atoms with Crippen molar-refractivity contribution < 1.29 is 33.4 Å². The molecule has 9 nitrogen and oxygen atoms in total. The lowest BCUT2D eigenvalue weighted by Gasteiger charge is -2.34. The molecule has 0 aliphatic rings. The van der Waals surface area contributed by atoms with Crippen molar-refractivity contribution in [1.29, 1.82) is 0 Å². The third kappa shape index (κ3) is 9.96. The molecular weight excluding hydrogens is 430 g/mol. The van der Waals surface area contributed by atoms with Gasteiger partial charge < -0.3 is 23.7 Å². The molecule has 0 saturated carbocycles. The van der Waals surface area contributed by atoms with Gasteiger partial charge in [0.25, 0.3) is 5.69 Å². The van der Waals surface area contributed by atoms with Crippen LogP contribution in [0.1, 0.15) is 79.6 Å². The zero-order valence-corrected chi connectivity index (χ0v) is 21.8. The summed E-state index contributed by atoms with van der Waals surface area (Å²) in [5.74, 6) is -0.565. The third-order valence-corrected chi connectivity index (χ3v) is 3.98. The fourth-order valence-electron chi connectivity index (χ4n) is 3.42. The van der Waals surface area contributed by atoms with Crippen molar-refractivity contribution in [2.45, 2.75) is 91.6 Å². The summed E-state index contributed by atoms with van der Waals surface area (Å²) in [4.78, 5) is 23.2. The number of carbonyl (C=O) groups is 1. The van der Waals surface area contributed by atoms with Gasteiger partial charge in [-0.1, -0.05) is 0 Å². The van der Waals surface area contributed by atoms with Gasteiger partial charge in [-0.25, -0.2) is 4.79 Å². The first-order valence-corrected chi connectivity index (χ1v) is 10.8. The topological polar surface area (TPSA) is 106 Å². The maximum atomic E-state index is 12.2. The largest absolute Gasteiger partial charge is 0.487 e. The van der Waals surface area contributed by atoms with E-state index in [1.54, 1.807) is 0 Å². The van der Waals surface area contributed by atoms with Crippen LogP contribution in [0.2, 0.25) is 0 Å². The van der Waals surface area contributed by atoms with E-state index in [1.807, 2.05) is 69.2 Å². The molecule has 0 fully saturated rings. The third-order valence-electron chi connectivity index (χ3n) is 3.98. The standard InChI is InChI=1S/C24H39NO8/c1-21(2,3)32-23(7,8)14-30-18-12-16(20(26)29-11)17(25(27)28)13-19(18)31-15-24(9,10)33-22(4,5)6/h12-13H,14-15H2,1-11H3. The van der Waals surface area contributed by atoms with Crippen LogP contribution in [-0.2, 0) is 14.2 Å². The molecule has 0 atom stereocenters. The lowest BCUT2D eigenvalue weighted by Crippen LogP contribution is -2.40. The molecule has 0 aliphatic carbocycles. The second-order valence-corrected chi connectivity index (χ2v) is 11.1. The van der Waals surface area contributed by atoms with Gasteiger partial charge in [-0.15, -0.1) is 0 Å². The predicted octanol–water partition coefficient (Wildman–Crippen LogP) is 5.33. The highest BCUT2D eigenvalue weighted by molar-refractivity contribution is 5.95. The molecule has 0 N–H and O–H groups in total. The van der Waals surface area contributed by atoms with Crippen LogP contribution in [0.15, 0.2) is 12.1 Å². The van der Waals surface area contributed by atoms with Gasteiger partial charge in [-0.05, 0) is 69.2 Å². The molecular formula is C24H39NO8. The summed E-state index contributed by atoms with van der Waals surface area (Å²) >= 11 is 0. The first-order chi connectivity index (χ1) is 14.8. The van der Waals surface area contributed by atoms with Gasteiger partial charge in [0.2, 0.25) is 0 Å². The smallest absolute Gasteiger partial charge is 0.345 e. The first-order valence-electron chi connectivity index (χ1n) is 10.8. The van der Waals surface area contributed by atoms with Crippen LogP contribution in [0.4, 0.5) is 5.69 Å². The van der Waals surface area contributed by atoms with Crippen LogP contribution in [0, 0.1) is 10.1 Å². The molecule has 0 heterocycles. The minimum atomic E-state index is -0.848. The van der Waals surface area contributed by atoms with E-state index >= 15 is 0 Å². The fourth-order valence-corrected chi connectivity index (χ4v) is 3.42. The Kier molecular flexibility index (Phi) is 8.90. The summed E-state index contributed by atoms with van der Waals surface area (Å²) in [6, 6.07) is 2.44. The van der Waals surface area contributed by atoms with Crippen molar-refractivity contribution in [3.63, 3.8) is 0 Å². The van der Waals surface area contributed by atoms with Crippen molar-refractivity contribution in [1.82, 2.24) is 0 Å². The Balaban J connectivity index is 3.35. The normalized spacial score (nSPS) is 12.9. The fraction of sp³-hybridized carbons (Fsp3) is 0.708. The number of benzene rings is 1. The molecule has 0 aromatic heterocycles. The zero-order valence-electron chi connectivity index (χ0n) is 21.8. The molecule has 0 bridgehead atoms. The summed E-state index contributed by atoms with van der Waals surface area (Å²) in [6.45, 7) is 19.2. The second kappa shape index (κ2) is 10.3. The number of ether oxygens (including phenoxy) is 5. The van der Waals surface area contributed by atoms with Crippen molar-refractivity contribution in [2.75, 3.05) is 20.3 Å². The molecule has 0 saturated heterocycles. The van der Waals surface area contributed by atoms with E-state index in [1.165, 1.54) is 12.1 Å². The van der Waals surface area contributed by atoms with Gasteiger partial charge in [0, 0.05) is 6.07 Å². The molecule has 1 rings (SSSR count). The van der Waals surface area contributed by atoms with E-state index in [-0.39, 0.29) is 30.3 Å². The molecule has 33 heavy (non-hydrogen) atoms. The lowest BCUT2D eigenvalue weighted by atomic mass is 10.1. The Morgan fingerprint density at radius 2 is 1.21 bits per heavy atom. The first kappa shape index (κ1) is 28.6. The van der Waals surface area contributed by atoms with Gasteiger partial charge in [0.05, 0.1) is 40.5 Å². The molecule has 0 radical (unpaired) electrons. The molecule has 0 unspecified atom stereocenters. The maximum Gasteiger partial charge on any atom is 0.345 e. The maximum absolute atomic E-state index is 12.2. The molecule has 0 aliphatic heterocycles. The van der Waals surface area contributed by atoms with E-state index in [9.17, 15) is 14.9 Å². The van der Waals surface area contributed by atoms with Crippen molar-refractivity contribution in [2.24, 2.45) is 0 Å². The van der Waals surface area contributed by atoms with E-state index in [0.717, 1.165) is 7.11 Å². The van der Waals surface area contributed by atoms with Crippen LogP contribution in [0.3, 0.4) is 0 Å². The number of nitrogens with zero attached hydrogens (tertiary/aromatic N) is 1. The van der Waals surface area contributed by atoms with Gasteiger partial charge in [0.1, 0.15) is 18.8 Å². The Labute approximate surface area is 196 Å². The van der Waals surface area contributed by atoms with Crippen molar-refractivity contribution in [3.05, 3.63) is 27.8 Å². The number of hydrogen-bond acceptors (Lipinski definition) is 8. The Morgan fingerprint density at radius 3 is 1.55 bits per heavy atom. The SMILES string of the molecule is COC(=O)c1cc(OCC(C)(C)OC(C)(C)C)c(OCC(C)(C)OC(C)(C)C)cc1[N+](=O)[O-]. The number of nitro groups is 1. The van der Waals surface area contributed by atoms with Gasteiger partial charge >= 0.3 is 5.97 Å². The number of methoxy groups -OCH3 is 1. The number of hydrogen-bond donors (Lipinski definition) is 0. The number of nitro benzene ring substituents is 1. The van der Waals surface area contributed by atoms with Gasteiger partial charge in [0.15, 0.2) is 11.5 Å². The van der Waals surface area contributed by atoms with E-state index < -0.39 is 39.0 Å². The summed E-state index contributed by atoms with van der Waals surface area (Å²) in [5, 5.41) is 11.6. The van der Waals surface area contributed by atoms with E-state index in [2.05, 4.69) is 0 Å². The molecule has 188 valence electrons. The van der Waals surface area contributed by atoms with Crippen LogP contribution in [0.5, 0.6) is 11.5 Å². The Morgan fingerprint density at radius 1 is 0.818 bits per heavy atom. The summed E-state index contributed by atoms with van der Waals surface area (Å²) in [5.41, 5.74) is -2.88. The van der Waals surface area contributed by atoms with Crippen LogP contribution < -0.4 is 9.47 Å². The highest BCUT2D eigenvalue weighted by Gasteiger charge is 2.31. The van der Waals surface area contributed by atoms with Gasteiger partial charge in [-0.2, -0.15) is 0 Å². The zero-order chi connectivity index (χ0) is 25.8. The molecule has 0 spiro atoms. The highest BCUT2D eigenvalue weighted by atomic mass is 16.6. The van der Waals surface area contributed by atoms with E-state index in [4.69, 9.17) is 23.7 Å².